The molecule has 1 saturated heterocycles. The summed E-state index contributed by atoms with van der Waals surface area (Å²) in [5.74, 6) is 0.0205. The van der Waals surface area contributed by atoms with Crippen LogP contribution in [0.25, 0.3) is 0 Å². The number of nitrogens with zero attached hydrogens (tertiary/aromatic N) is 2. The minimum absolute atomic E-state index is 0.00454. The molecule has 0 radical (unpaired) electrons. The monoisotopic (exact) mass is 314 g/mol. The Balaban J connectivity index is 2.22. The van der Waals surface area contributed by atoms with Gasteiger partial charge < -0.3 is 10.6 Å². The topological polar surface area (TPSA) is 76.0 Å². The maximum Gasteiger partial charge on any atom is 0.283 e. The van der Waals surface area contributed by atoms with E-state index in [1.807, 2.05) is 13.8 Å². The average Bonchev–Trinajstić information content (AvgIpc) is 2.70. The molecule has 2 rings (SSSR count). The van der Waals surface area contributed by atoms with E-state index in [-0.39, 0.29) is 23.6 Å². The molecule has 98 valence electrons. The van der Waals surface area contributed by atoms with Crippen LogP contribution < -0.4 is 16.2 Å². The van der Waals surface area contributed by atoms with Crippen molar-refractivity contribution >= 4 is 27.5 Å². The van der Waals surface area contributed by atoms with Crippen molar-refractivity contribution in [3.05, 3.63) is 21.0 Å². The van der Waals surface area contributed by atoms with Crippen LogP contribution in [0.2, 0.25) is 0 Å². The number of hydrogen-bond acceptors (Lipinski definition) is 4. The first-order valence-corrected chi connectivity index (χ1v) is 6.59. The molecular formula is C11H15BrN4O2. The zero-order valence-corrected chi connectivity index (χ0v) is 11.8. The summed E-state index contributed by atoms with van der Waals surface area (Å²) in [5, 5.41) is 9.98. The van der Waals surface area contributed by atoms with E-state index in [0.717, 1.165) is 0 Å². The third kappa shape index (κ3) is 2.55. The Kier molecular flexibility index (Phi) is 3.70. The number of anilines is 1. The Hall–Kier alpha value is -1.37. The second kappa shape index (κ2) is 5.09. The van der Waals surface area contributed by atoms with Crippen molar-refractivity contribution in [3.63, 3.8) is 0 Å². The average molecular weight is 315 g/mol. The molecule has 7 heteroatoms. The maximum absolute atomic E-state index is 12.0. The summed E-state index contributed by atoms with van der Waals surface area (Å²) in [6.07, 6.45) is 2.02. The van der Waals surface area contributed by atoms with Gasteiger partial charge >= 0.3 is 0 Å². The van der Waals surface area contributed by atoms with Crippen LogP contribution in [0.3, 0.4) is 0 Å². The van der Waals surface area contributed by atoms with Crippen molar-refractivity contribution in [3.8, 4) is 0 Å². The molecule has 0 aliphatic carbocycles. The molecule has 0 saturated carbocycles. The molecule has 1 atom stereocenters. The summed E-state index contributed by atoms with van der Waals surface area (Å²) < 4.78 is 1.86. The number of hydrogen-bond donors (Lipinski definition) is 2. The highest BCUT2D eigenvalue weighted by Gasteiger charge is 2.22. The van der Waals surface area contributed by atoms with Gasteiger partial charge in [0.05, 0.1) is 24.0 Å². The minimum atomic E-state index is -0.174. The molecule has 1 aliphatic rings. The minimum Gasteiger partial charge on any atom is -0.378 e. The molecule has 0 aromatic carbocycles. The molecule has 2 heterocycles. The van der Waals surface area contributed by atoms with E-state index in [9.17, 15) is 9.59 Å². The number of nitrogens with one attached hydrogen (secondary N) is 2. The largest absolute Gasteiger partial charge is 0.378 e. The van der Waals surface area contributed by atoms with Crippen molar-refractivity contribution in [2.75, 3.05) is 11.9 Å². The van der Waals surface area contributed by atoms with Crippen LogP contribution in [-0.4, -0.2) is 28.3 Å². The molecule has 1 aromatic heterocycles. The predicted molar refractivity (Wildman–Crippen MR) is 71.6 cm³/mol. The molecule has 0 bridgehead atoms. The Bertz CT molecular complexity index is 526. The van der Waals surface area contributed by atoms with Crippen molar-refractivity contribution in [1.82, 2.24) is 15.1 Å². The zero-order valence-electron chi connectivity index (χ0n) is 10.2. The molecule has 1 fully saturated rings. The van der Waals surface area contributed by atoms with Gasteiger partial charge in [0.15, 0.2) is 0 Å². The number of halogens is 1. The summed E-state index contributed by atoms with van der Waals surface area (Å²) in [6, 6.07) is 0.0162. The first-order valence-electron chi connectivity index (χ1n) is 5.79. The molecule has 1 aromatic rings. The molecule has 6 nitrogen and oxygen atoms in total. The Morgan fingerprint density at radius 1 is 1.56 bits per heavy atom. The Morgan fingerprint density at radius 3 is 2.83 bits per heavy atom. The fourth-order valence-electron chi connectivity index (χ4n) is 1.84. The van der Waals surface area contributed by atoms with Gasteiger partial charge in [-0.2, -0.15) is 5.10 Å². The summed E-state index contributed by atoms with van der Waals surface area (Å²) in [5.41, 5.74) is 0.450. The van der Waals surface area contributed by atoms with E-state index < -0.39 is 0 Å². The number of amides is 1. The van der Waals surface area contributed by atoms with E-state index >= 15 is 0 Å². The highest BCUT2D eigenvalue weighted by Crippen LogP contribution is 2.19. The van der Waals surface area contributed by atoms with Crippen LogP contribution in [0.15, 0.2) is 15.5 Å². The number of rotatable bonds is 3. The second-order valence-corrected chi connectivity index (χ2v) is 5.36. The van der Waals surface area contributed by atoms with Gasteiger partial charge in [0.1, 0.15) is 4.47 Å². The first kappa shape index (κ1) is 13.1. The van der Waals surface area contributed by atoms with Gasteiger partial charge in [0.2, 0.25) is 5.91 Å². The lowest BCUT2D eigenvalue weighted by Crippen LogP contribution is -2.28. The predicted octanol–water partition coefficient (Wildman–Crippen LogP) is 0.887. The SMILES string of the molecule is CC(C)n1ncc(NC2CNC(=O)C2)c(Br)c1=O. The van der Waals surface area contributed by atoms with E-state index in [4.69, 9.17) is 0 Å². The van der Waals surface area contributed by atoms with Gasteiger partial charge in [0.25, 0.3) is 5.56 Å². The van der Waals surface area contributed by atoms with Gasteiger partial charge in [0, 0.05) is 13.0 Å². The van der Waals surface area contributed by atoms with Crippen LogP contribution in [-0.2, 0) is 4.79 Å². The van der Waals surface area contributed by atoms with Crippen molar-refractivity contribution in [2.24, 2.45) is 0 Å². The molecule has 1 unspecified atom stereocenters. The van der Waals surface area contributed by atoms with Gasteiger partial charge in [-0.25, -0.2) is 4.68 Å². The summed E-state index contributed by atoms with van der Waals surface area (Å²) in [7, 11) is 0. The van der Waals surface area contributed by atoms with Crippen LogP contribution in [0, 0.1) is 0 Å². The Morgan fingerprint density at radius 2 is 2.28 bits per heavy atom. The highest BCUT2D eigenvalue weighted by atomic mass is 79.9. The molecule has 0 spiro atoms. The molecule has 2 N–H and O–H groups in total. The maximum atomic E-state index is 12.0. The molecule has 1 amide bonds. The molecular weight excluding hydrogens is 300 g/mol. The van der Waals surface area contributed by atoms with E-state index in [1.165, 1.54) is 4.68 Å². The zero-order chi connectivity index (χ0) is 13.3. The first-order chi connectivity index (χ1) is 8.49. The number of carbonyl (C=O) groups is 1. The fraction of sp³-hybridized carbons (Fsp3) is 0.545. The van der Waals surface area contributed by atoms with E-state index in [1.54, 1.807) is 6.20 Å². The normalized spacial score (nSPS) is 19.1. The summed E-state index contributed by atoms with van der Waals surface area (Å²) >= 11 is 3.28. The smallest absolute Gasteiger partial charge is 0.283 e. The van der Waals surface area contributed by atoms with Gasteiger partial charge in [-0.15, -0.1) is 0 Å². The van der Waals surface area contributed by atoms with Crippen LogP contribution in [0.4, 0.5) is 5.69 Å². The lowest BCUT2D eigenvalue weighted by Gasteiger charge is -2.15. The molecule has 18 heavy (non-hydrogen) atoms. The van der Waals surface area contributed by atoms with Gasteiger partial charge in [-0.05, 0) is 29.8 Å². The Labute approximate surface area is 113 Å². The lowest BCUT2D eigenvalue weighted by molar-refractivity contribution is -0.119. The van der Waals surface area contributed by atoms with Gasteiger partial charge in [-0.3, -0.25) is 9.59 Å². The van der Waals surface area contributed by atoms with Crippen LogP contribution in [0.5, 0.6) is 0 Å². The van der Waals surface area contributed by atoms with Crippen molar-refractivity contribution in [2.45, 2.75) is 32.4 Å². The summed E-state index contributed by atoms with van der Waals surface area (Å²) in [6.45, 7) is 4.36. The fourth-order valence-corrected chi connectivity index (χ4v) is 2.24. The summed E-state index contributed by atoms with van der Waals surface area (Å²) in [4.78, 5) is 23.1. The highest BCUT2D eigenvalue weighted by molar-refractivity contribution is 9.10. The van der Waals surface area contributed by atoms with Gasteiger partial charge in [-0.1, -0.05) is 0 Å². The second-order valence-electron chi connectivity index (χ2n) is 4.57. The lowest BCUT2D eigenvalue weighted by atomic mass is 10.2. The van der Waals surface area contributed by atoms with E-state index in [0.29, 0.717) is 23.1 Å². The van der Waals surface area contributed by atoms with Crippen LogP contribution >= 0.6 is 15.9 Å². The van der Waals surface area contributed by atoms with Crippen molar-refractivity contribution in [1.29, 1.82) is 0 Å². The third-order valence-corrected chi connectivity index (χ3v) is 3.54. The number of aromatic nitrogens is 2. The third-order valence-electron chi connectivity index (χ3n) is 2.77. The standard InChI is InChI=1S/C11H15BrN4O2/c1-6(2)16-11(18)10(12)8(5-14-16)15-7-3-9(17)13-4-7/h5-7,15H,3-4H2,1-2H3,(H,13,17). The quantitative estimate of drug-likeness (QED) is 0.868. The van der Waals surface area contributed by atoms with E-state index in [2.05, 4.69) is 31.7 Å². The van der Waals surface area contributed by atoms with Crippen molar-refractivity contribution < 1.29 is 4.79 Å². The van der Waals surface area contributed by atoms with Crippen LogP contribution in [0.1, 0.15) is 26.3 Å². The molecule has 1 aliphatic heterocycles. The number of carbonyl (C=O) groups excluding carboxylic acids is 1.